The van der Waals surface area contributed by atoms with Crippen LogP contribution < -0.4 is 4.74 Å². The monoisotopic (exact) mass is 490 g/mol. The van der Waals surface area contributed by atoms with E-state index in [1.165, 1.54) is 51.0 Å². The molecule has 3 aromatic carbocycles. The third-order valence-corrected chi connectivity index (χ3v) is 7.31. The summed E-state index contributed by atoms with van der Waals surface area (Å²) in [5, 5.41) is 1.06. The zero-order chi connectivity index (χ0) is 24.9. The molecule has 6 heteroatoms. The molecule has 0 amide bonds. The molecular formula is C29H31F5O. The van der Waals surface area contributed by atoms with E-state index in [9.17, 15) is 17.6 Å². The molecule has 0 saturated heterocycles. The standard InChI is InChI=1S/C29H31F5O/c1-2-3-4-18-5-7-19(8-6-18)9-10-20-11-13-23-21(15-20)12-14-24(27(23)32)22-16-25(30)28(26(31)17-22)35-29(33)34/h11-19,29H,2-10H2,1H3. The minimum Gasteiger partial charge on any atom is -0.429 e. The molecule has 4 rings (SSSR count). The van der Waals surface area contributed by atoms with Crippen LogP contribution in [0.1, 0.15) is 63.9 Å². The lowest BCUT2D eigenvalue weighted by Crippen LogP contribution is -2.15. The first kappa shape index (κ1) is 25.5. The van der Waals surface area contributed by atoms with Gasteiger partial charge in [0.25, 0.3) is 0 Å². The summed E-state index contributed by atoms with van der Waals surface area (Å²) in [5.41, 5.74) is 1.05. The summed E-state index contributed by atoms with van der Waals surface area (Å²) in [5.74, 6) is -2.78. The number of ether oxygens (including phenoxy) is 1. The zero-order valence-electron chi connectivity index (χ0n) is 19.9. The Bertz CT molecular complexity index is 1130. The number of hydrogen-bond acceptors (Lipinski definition) is 1. The first-order valence-corrected chi connectivity index (χ1v) is 12.5. The van der Waals surface area contributed by atoms with Crippen LogP contribution in [0.4, 0.5) is 22.0 Å². The van der Waals surface area contributed by atoms with Crippen molar-refractivity contribution in [3.63, 3.8) is 0 Å². The Labute approximate surface area is 203 Å². The lowest BCUT2D eigenvalue weighted by molar-refractivity contribution is -0.0546. The maximum atomic E-state index is 15.3. The Morgan fingerprint density at radius 1 is 0.857 bits per heavy atom. The van der Waals surface area contributed by atoms with Crippen LogP contribution >= 0.6 is 0 Å². The number of halogens is 5. The van der Waals surface area contributed by atoms with E-state index in [2.05, 4.69) is 11.7 Å². The van der Waals surface area contributed by atoms with Crippen molar-refractivity contribution in [2.75, 3.05) is 0 Å². The van der Waals surface area contributed by atoms with Crippen LogP contribution in [0.25, 0.3) is 21.9 Å². The van der Waals surface area contributed by atoms with Gasteiger partial charge in [-0.25, -0.2) is 13.2 Å². The first-order chi connectivity index (χ1) is 16.9. The van der Waals surface area contributed by atoms with Crippen molar-refractivity contribution in [2.45, 2.75) is 71.3 Å². The van der Waals surface area contributed by atoms with E-state index >= 15 is 4.39 Å². The molecule has 0 spiro atoms. The molecule has 0 aromatic heterocycles. The van der Waals surface area contributed by atoms with Crippen molar-refractivity contribution >= 4 is 10.8 Å². The molecular weight excluding hydrogens is 459 g/mol. The zero-order valence-corrected chi connectivity index (χ0v) is 19.9. The van der Waals surface area contributed by atoms with E-state index in [0.29, 0.717) is 10.8 Å². The molecule has 1 saturated carbocycles. The second-order valence-corrected chi connectivity index (χ2v) is 9.70. The van der Waals surface area contributed by atoms with E-state index in [-0.39, 0.29) is 11.1 Å². The molecule has 188 valence electrons. The second-order valence-electron chi connectivity index (χ2n) is 9.70. The van der Waals surface area contributed by atoms with Gasteiger partial charge in [-0.1, -0.05) is 82.2 Å². The van der Waals surface area contributed by atoms with Crippen molar-refractivity contribution in [3.05, 3.63) is 65.5 Å². The van der Waals surface area contributed by atoms with Crippen molar-refractivity contribution in [1.29, 1.82) is 0 Å². The van der Waals surface area contributed by atoms with Gasteiger partial charge in [-0.2, -0.15) is 8.78 Å². The number of fused-ring (bicyclic) bond motifs is 1. The summed E-state index contributed by atoms with van der Waals surface area (Å²) in [6.07, 6.45) is 11.2. The molecule has 1 aliphatic carbocycles. The predicted molar refractivity (Wildman–Crippen MR) is 129 cm³/mol. The van der Waals surface area contributed by atoms with Gasteiger partial charge in [0.05, 0.1) is 0 Å². The fourth-order valence-corrected chi connectivity index (χ4v) is 5.31. The highest BCUT2D eigenvalue weighted by molar-refractivity contribution is 5.88. The Morgan fingerprint density at radius 2 is 1.51 bits per heavy atom. The van der Waals surface area contributed by atoms with Crippen molar-refractivity contribution in [2.24, 2.45) is 11.8 Å². The van der Waals surface area contributed by atoms with Gasteiger partial charge in [0.1, 0.15) is 5.82 Å². The number of hydrogen-bond donors (Lipinski definition) is 0. The quantitative estimate of drug-likeness (QED) is 0.271. The highest BCUT2D eigenvalue weighted by Crippen LogP contribution is 2.36. The normalized spacial score (nSPS) is 18.4. The van der Waals surface area contributed by atoms with Crippen LogP contribution in [0.3, 0.4) is 0 Å². The molecule has 0 bridgehead atoms. The second kappa shape index (κ2) is 11.4. The van der Waals surface area contributed by atoms with Gasteiger partial charge in [0, 0.05) is 10.9 Å². The number of aryl methyl sites for hydroxylation is 1. The van der Waals surface area contributed by atoms with E-state index in [1.54, 1.807) is 12.1 Å². The predicted octanol–water partition coefficient (Wildman–Crippen LogP) is 9.45. The molecule has 1 nitrogen and oxygen atoms in total. The molecule has 0 radical (unpaired) electrons. The van der Waals surface area contributed by atoms with Crippen LogP contribution in [0.15, 0.2) is 42.5 Å². The maximum absolute atomic E-state index is 15.3. The van der Waals surface area contributed by atoms with E-state index in [0.717, 1.165) is 42.4 Å². The summed E-state index contributed by atoms with van der Waals surface area (Å²) < 4.78 is 72.2. The smallest absolute Gasteiger partial charge is 0.387 e. The van der Waals surface area contributed by atoms with E-state index in [1.807, 2.05) is 12.1 Å². The molecule has 3 aromatic rings. The molecule has 35 heavy (non-hydrogen) atoms. The molecule has 0 aliphatic heterocycles. The minimum atomic E-state index is -3.36. The van der Waals surface area contributed by atoms with Crippen LogP contribution in [0.5, 0.6) is 5.75 Å². The van der Waals surface area contributed by atoms with Gasteiger partial charge in [0.2, 0.25) is 0 Å². The molecule has 0 N–H and O–H groups in total. The van der Waals surface area contributed by atoms with E-state index < -0.39 is 29.8 Å². The lowest BCUT2D eigenvalue weighted by atomic mass is 9.78. The Hall–Kier alpha value is -2.63. The van der Waals surface area contributed by atoms with Crippen LogP contribution in [-0.2, 0) is 6.42 Å². The molecule has 0 heterocycles. The van der Waals surface area contributed by atoms with Gasteiger partial charge in [-0.05, 0) is 53.3 Å². The van der Waals surface area contributed by atoms with Gasteiger partial charge in [0.15, 0.2) is 17.4 Å². The van der Waals surface area contributed by atoms with E-state index in [4.69, 9.17) is 0 Å². The van der Waals surface area contributed by atoms with Crippen molar-refractivity contribution in [3.8, 4) is 16.9 Å². The maximum Gasteiger partial charge on any atom is 0.387 e. The summed E-state index contributed by atoms with van der Waals surface area (Å²) in [6.45, 7) is -1.12. The summed E-state index contributed by atoms with van der Waals surface area (Å²) in [7, 11) is 0. The lowest BCUT2D eigenvalue weighted by Gasteiger charge is -2.28. The molecule has 0 atom stereocenters. The molecule has 1 aliphatic rings. The Balaban J connectivity index is 1.46. The summed E-state index contributed by atoms with van der Waals surface area (Å²) in [4.78, 5) is 0. The molecule has 0 unspecified atom stereocenters. The Kier molecular flexibility index (Phi) is 8.30. The summed E-state index contributed by atoms with van der Waals surface area (Å²) in [6, 6.07) is 10.4. The number of benzene rings is 3. The van der Waals surface area contributed by atoms with Gasteiger partial charge in [-0.3, -0.25) is 0 Å². The van der Waals surface area contributed by atoms with Crippen LogP contribution in [0, 0.1) is 29.3 Å². The fraction of sp³-hybridized carbons (Fsp3) is 0.448. The minimum absolute atomic E-state index is 0.00789. The first-order valence-electron chi connectivity index (χ1n) is 12.5. The van der Waals surface area contributed by atoms with Crippen molar-refractivity contribution in [1.82, 2.24) is 0 Å². The van der Waals surface area contributed by atoms with Gasteiger partial charge in [-0.15, -0.1) is 0 Å². The van der Waals surface area contributed by atoms with Crippen LogP contribution in [-0.4, -0.2) is 6.61 Å². The fourth-order valence-electron chi connectivity index (χ4n) is 5.31. The average molecular weight is 491 g/mol. The number of alkyl halides is 2. The van der Waals surface area contributed by atoms with Crippen LogP contribution in [0.2, 0.25) is 0 Å². The third kappa shape index (κ3) is 6.14. The highest BCUT2D eigenvalue weighted by atomic mass is 19.3. The largest absolute Gasteiger partial charge is 0.429 e. The number of rotatable bonds is 9. The average Bonchev–Trinajstić information content (AvgIpc) is 2.84. The third-order valence-electron chi connectivity index (χ3n) is 7.31. The Morgan fingerprint density at radius 3 is 2.14 bits per heavy atom. The number of unbranched alkanes of at least 4 members (excludes halogenated alkanes) is 1. The van der Waals surface area contributed by atoms with Gasteiger partial charge >= 0.3 is 6.61 Å². The molecule has 1 fully saturated rings. The SMILES string of the molecule is CCCCC1CCC(CCc2ccc3c(F)c(-c4cc(F)c(OC(F)F)c(F)c4)ccc3c2)CC1. The van der Waals surface area contributed by atoms with Crippen molar-refractivity contribution < 1.29 is 26.7 Å². The highest BCUT2D eigenvalue weighted by Gasteiger charge is 2.21. The van der Waals surface area contributed by atoms with Gasteiger partial charge < -0.3 is 4.74 Å². The topological polar surface area (TPSA) is 9.23 Å². The summed E-state index contributed by atoms with van der Waals surface area (Å²) >= 11 is 0.